The SMILES string of the molecule is C=CCOC(=O)[C@@H]1[C@@H]2CCC3(S2)C(C(=O)N(CC=C)CCN2CCOCC2)N(CCCCO)C(=O)[C@H]13. The van der Waals surface area contributed by atoms with E-state index in [0.29, 0.717) is 45.7 Å². The van der Waals surface area contributed by atoms with Crippen LogP contribution in [-0.4, -0.2) is 119 Å². The predicted molar refractivity (Wildman–Crippen MR) is 137 cm³/mol. The zero-order chi connectivity index (χ0) is 25.7. The van der Waals surface area contributed by atoms with Gasteiger partial charge in [0.2, 0.25) is 11.8 Å². The number of thioether (sulfide) groups is 1. The van der Waals surface area contributed by atoms with Crippen LogP contribution in [0.3, 0.4) is 0 Å². The van der Waals surface area contributed by atoms with Crippen molar-refractivity contribution in [2.75, 3.05) is 65.7 Å². The smallest absolute Gasteiger partial charge is 0.311 e. The Bertz CT molecular complexity index is 850. The van der Waals surface area contributed by atoms with Crippen molar-refractivity contribution in [2.45, 2.75) is 41.7 Å². The third-order valence-electron chi connectivity index (χ3n) is 7.91. The van der Waals surface area contributed by atoms with Crippen LogP contribution in [0.4, 0.5) is 0 Å². The first-order valence-corrected chi connectivity index (χ1v) is 13.9. The van der Waals surface area contributed by atoms with Crippen molar-refractivity contribution in [3.05, 3.63) is 25.3 Å². The highest BCUT2D eigenvalue weighted by atomic mass is 32.2. The lowest BCUT2D eigenvalue weighted by molar-refractivity contribution is -0.153. The van der Waals surface area contributed by atoms with Gasteiger partial charge in [-0.1, -0.05) is 18.7 Å². The standard InChI is InChI=1S/C26H39N3O6S/c1-3-9-28(12-11-27-13-17-34-18-14-27)24(32)22-26-8-7-19(36-26)20(25(33)35-16-4-2)21(26)23(31)29(22)10-5-6-15-30/h3-4,19-22,30H,1-2,5-18H2/t19-,20+,21-,22?,26?/m0/s1. The summed E-state index contributed by atoms with van der Waals surface area (Å²) in [7, 11) is 0. The molecular weight excluding hydrogens is 482 g/mol. The maximum Gasteiger partial charge on any atom is 0.311 e. The van der Waals surface area contributed by atoms with E-state index in [0.717, 1.165) is 32.5 Å². The lowest BCUT2D eigenvalue weighted by Gasteiger charge is -2.38. The molecule has 1 spiro atoms. The fraction of sp³-hybridized carbons (Fsp3) is 0.731. The van der Waals surface area contributed by atoms with E-state index in [2.05, 4.69) is 18.1 Å². The average Bonchev–Trinajstić information content (AvgIpc) is 3.53. The van der Waals surface area contributed by atoms with Crippen LogP contribution in [0.25, 0.3) is 0 Å². The van der Waals surface area contributed by atoms with Gasteiger partial charge in [-0.15, -0.1) is 18.3 Å². The van der Waals surface area contributed by atoms with Crippen molar-refractivity contribution in [3.8, 4) is 0 Å². The number of rotatable bonds is 13. The Morgan fingerprint density at radius 1 is 1.22 bits per heavy atom. The summed E-state index contributed by atoms with van der Waals surface area (Å²) in [4.78, 5) is 46.9. The maximum atomic E-state index is 14.2. The lowest BCUT2D eigenvalue weighted by atomic mass is 9.71. The van der Waals surface area contributed by atoms with Crippen LogP contribution in [0.15, 0.2) is 25.3 Å². The first kappa shape index (κ1) is 27.2. The third-order valence-corrected chi connectivity index (χ3v) is 9.86. The van der Waals surface area contributed by atoms with Crippen LogP contribution >= 0.6 is 11.8 Å². The van der Waals surface area contributed by atoms with Crippen molar-refractivity contribution in [1.82, 2.24) is 14.7 Å². The number of morpholine rings is 1. The van der Waals surface area contributed by atoms with Crippen LogP contribution in [0.5, 0.6) is 0 Å². The number of carbonyl (C=O) groups excluding carboxylic acids is 3. The van der Waals surface area contributed by atoms with Crippen molar-refractivity contribution < 1.29 is 29.0 Å². The quantitative estimate of drug-likeness (QED) is 0.217. The van der Waals surface area contributed by atoms with Gasteiger partial charge >= 0.3 is 5.97 Å². The van der Waals surface area contributed by atoms with Gasteiger partial charge in [0.15, 0.2) is 0 Å². The molecule has 0 aromatic carbocycles. The molecule has 36 heavy (non-hydrogen) atoms. The molecule has 4 aliphatic heterocycles. The van der Waals surface area contributed by atoms with Gasteiger partial charge in [0.25, 0.3) is 0 Å². The molecule has 4 fully saturated rings. The predicted octanol–water partition coefficient (Wildman–Crippen LogP) is 0.926. The number of nitrogens with zero attached hydrogens (tertiary/aromatic N) is 3. The minimum Gasteiger partial charge on any atom is -0.461 e. The molecule has 9 nitrogen and oxygen atoms in total. The number of aliphatic hydroxyl groups excluding tert-OH is 1. The molecule has 0 aliphatic carbocycles. The molecular formula is C26H39N3O6S. The minimum absolute atomic E-state index is 0.0210. The van der Waals surface area contributed by atoms with E-state index in [-0.39, 0.29) is 36.2 Å². The molecule has 0 saturated carbocycles. The summed E-state index contributed by atoms with van der Waals surface area (Å²) in [5, 5.41) is 9.30. The van der Waals surface area contributed by atoms with Gasteiger partial charge in [-0.05, 0) is 25.7 Å². The van der Waals surface area contributed by atoms with Crippen molar-refractivity contribution in [1.29, 1.82) is 0 Å². The summed E-state index contributed by atoms with van der Waals surface area (Å²) in [5.41, 5.74) is 0. The number of unbranched alkanes of at least 4 members (excludes halogenated alkanes) is 1. The fourth-order valence-corrected chi connectivity index (χ4v) is 8.48. The number of hydrogen-bond donors (Lipinski definition) is 1. The number of aliphatic hydroxyl groups is 1. The number of fused-ring (bicyclic) bond motifs is 1. The highest BCUT2D eigenvalue weighted by molar-refractivity contribution is 8.02. The Kier molecular flexibility index (Phi) is 9.14. The third kappa shape index (κ3) is 5.10. The van der Waals surface area contributed by atoms with E-state index in [9.17, 15) is 19.5 Å². The number of esters is 1. The van der Waals surface area contributed by atoms with E-state index in [1.54, 1.807) is 22.7 Å². The van der Waals surface area contributed by atoms with E-state index in [1.807, 2.05) is 4.90 Å². The van der Waals surface area contributed by atoms with Gasteiger partial charge in [-0.3, -0.25) is 19.3 Å². The number of amides is 2. The number of hydrogen-bond acceptors (Lipinski definition) is 8. The van der Waals surface area contributed by atoms with E-state index in [1.165, 1.54) is 6.08 Å². The summed E-state index contributed by atoms with van der Waals surface area (Å²) in [6, 6.07) is -0.634. The summed E-state index contributed by atoms with van der Waals surface area (Å²) in [6.45, 7) is 12.7. The topological polar surface area (TPSA) is 99.6 Å². The highest BCUT2D eigenvalue weighted by Gasteiger charge is 2.74. The molecule has 0 radical (unpaired) electrons. The molecule has 0 aromatic heterocycles. The second kappa shape index (κ2) is 12.1. The van der Waals surface area contributed by atoms with E-state index >= 15 is 0 Å². The monoisotopic (exact) mass is 521 g/mol. The molecule has 2 amide bonds. The lowest BCUT2D eigenvalue weighted by Crippen LogP contribution is -2.56. The normalized spacial score (nSPS) is 31.4. The zero-order valence-corrected chi connectivity index (χ0v) is 21.8. The van der Waals surface area contributed by atoms with Crippen LogP contribution < -0.4 is 0 Å². The molecule has 5 atom stereocenters. The van der Waals surface area contributed by atoms with Crippen LogP contribution in [-0.2, 0) is 23.9 Å². The first-order chi connectivity index (χ1) is 17.5. The van der Waals surface area contributed by atoms with Gasteiger partial charge in [-0.25, -0.2) is 0 Å². The van der Waals surface area contributed by atoms with Crippen LogP contribution in [0.2, 0.25) is 0 Å². The largest absolute Gasteiger partial charge is 0.461 e. The fourth-order valence-electron chi connectivity index (χ4n) is 6.28. The van der Waals surface area contributed by atoms with Gasteiger partial charge in [0.05, 0.1) is 29.8 Å². The molecule has 4 rings (SSSR count). The van der Waals surface area contributed by atoms with E-state index < -0.39 is 22.6 Å². The summed E-state index contributed by atoms with van der Waals surface area (Å²) < 4.78 is 10.2. The maximum absolute atomic E-state index is 14.2. The Labute approximate surface area is 217 Å². The van der Waals surface area contributed by atoms with E-state index in [4.69, 9.17) is 9.47 Å². The number of ether oxygens (including phenoxy) is 2. The van der Waals surface area contributed by atoms with Gasteiger partial charge in [-0.2, -0.15) is 0 Å². The Balaban J connectivity index is 1.59. The van der Waals surface area contributed by atoms with Crippen LogP contribution in [0, 0.1) is 11.8 Å². The molecule has 1 N–H and O–H groups in total. The van der Waals surface area contributed by atoms with Crippen molar-refractivity contribution in [3.63, 3.8) is 0 Å². The zero-order valence-electron chi connectivity index (χ0n) is 21.0. The Morgan fingerprint density at radius 2 is 2.00 bits per heavy atom. The Hall–Kier alpha value is -1.88. The number of likely N-dealkylation sites (tertiary alicyclic amines) is 1. The molecule has 2 unspecified atom stereocenters. The first-order valence-electron chi connectivity index (χ1n) is 13.0. The van der Waals surface area contributed by atoms with Gasteiger partial charge < -0.3 is 24.4 Å². The molecule has 4 saturated heterocycles. The summed E-state index contributed by atoms with van der Waals surface area (Å²) >= 11 is 1.65. The molecule has 0 aromatic rings. The van der Waals surface area contributed by atoms with Crippen molar-refractivity contribution in [2.24, 2.45) is 11.8 Å². The summed E-state index contributed by atoms with van der Waals surface area (Å²) in [6.07, 6.45) is 5.92. The molecule has 2 bridgehead atoms. The molecule has 200 valence electrons. The van der Waals surface area contributed by atoms with Crippen molar-refractivity contribution >= 4 is 29.5 Å². The molecule has 10 heteroatoms. The second-order valence-corrected chi connectivity index (χ2v) is 11.6. The average molecular weight is 522 g/mol. The van der Waals surface area contributed by atoms with Gasteiger partial charge in [0, 0.05) is 51.1 Å². The highest BCUT2D eigenvalue weighted by Crippen LogP contribution is 2.66. The molecule has 4 aliphatic rings. The van der Waals surface area contributed by atoms with Gasteiger partial charge in [0.1, 0.15) is 12.6 Å². The van der Waals surface area contributed by atoms with Crippen LogP contribution in [0.1, 0.15) is 25.7 Å². The Morgan fingerprint density at radius 3 is 2.69 bits per heavy atom. The second-order valence-electron chi connectivity index (χ2n) is 9.96. The summed E-state index contributed by atoms with van der Waals surface area (Å²) in [5.74, 6) is -1.68. The number of carbonyl (C=O) groups is 3. The molecule has 4 heterocycles. The minimum atomic E-state index is -0.634.